The van der Waals surface area contributed by atoms with Crippen LogP contribution in [0.3, 0.4) is 0 Å². The largest absolute Gasteiger partial charge is 0.265 e. The third-order valence-electron chi connectivity index (χ3n) is 4.06. The van der Waals surface area contributed by atoms with E-state index in [1.165, 1.54) is 11.1 Å². The van der Waals surface area contributed by atoms with Crippen LogP contribution in [0.1, 0.15) is 22.8 Å². The van der Waals surface area contributed by atoms with Crippen molar-refractivity contribution in [3.05, 3.63) is 71.6 Å². The van der Waals surface area contributed by atoms with Crippen LogP contribution in [0.5, 0.6) is 0 Å². The molecule has 0 aliphatic heterocycles. The number of benzene rings is 1. The Kier molecular flexibility index (Phi) is 3.54. The summed E-state index contributed by atoms with van der Waals surface area (Å²) in [6.45, 7) is 4.03. The van der Waals surface area contributed by atoms with Crippen LogP contribution in [0.2, 0.25) is 0 Å². The Hall–Kier alpha value is -3.08. The van der Waals surface area contributed by atoms with Crippen molar-refractivity contribution in [2.45, 2.75) is 20.3 Å². The summed E-state index contributed by atoms with van der Waals surface area (Å²) in [4.78, 5) is 13.2. The van der Waals surface area contributed by atoms with Crippen LogP contribution in [0.4, 0.5) is 0 Å². The van der Waals surface area contributed by atoms with Crippen molar-refractivity contribution in [3.63, 3.8) is 0 Å². The number of hydrogen-bond acceptors (Lipinski definition) is 4. The lowest BCUT2D eigenvalue weighted by Crippen LogP contribution is -1.94. The lowest BCUT2D eigenvalue weighted by molar-refractivity contribution is 0.970. The number of rotatable bonds is 3. The fourth-order valence-corrected chi connectivity index (χ4v) is 2.87. The van der Waals surface area contributed by atoms with Crippen LogP contribution in [0, 0.1) is 13.8 Å². The van der Waals surface area contributed by atoms with Crippen molar-refractivity contribution >= 4 is 10.9 Å². The number of aryl methyl sites for hydroxylation is 2. The number of nitrogens with zero attached hydrogens (tertiary/aromatic N) is 4. The average Bonchev–Trinajstić information content (AvgIpc) is 3.01. The van der Waals surface area contributed by atoms with Gasteiger partial charge in [0.2, 0.25) is 0 Å². The van der Waals surface area contributed by atoms with Gasteiger partial charge in [0, 0.05) is 29.8 Å². The topological polar surface area (TPSA) is 67.3 Å². The molecular formula is C19H17N5. The Bertz CT molecular complexity index is 1000. The van der Waals surface area contributed by atoms with E-state index in [2.05, 4.69) is 51.4 Å². The van der Waals surface area contributed by atoms with Gasteiger partial charge in [0.15, 0.2) is 5.82 Å². The van der Waals surface area contributed by atoms with Gasteiger partial charge in [-0.25, -0.2) is 9.97 Å². The third-order valence-corrected chi connectivity index (χ3v) is 4.06. The zero-order valence-electron chi connectivity index (χ0n) is 13.6. The molecule has 0 atom stereocenters. The van der Waals surface area contributed by atoms with Gasteiger partial charge in [0.25, 0.3) is 0 Å². The smallest absolute Gasteiger partial charge is 0.155 e. The van der Waals surface area contributed by atoms with Crippen molar-refractivity contribution < 1.29 is 0 Å². The van der Waals surface area contributed by atoms with E-state index in [4.69, 9.17) is 4.98 Å². The highest BCUT2D eigenvalue weighted by molar-refractivity contribution is 5.85. The molecule has 4 rings (SSSR count). The van der Waals surface area contributed by atoms with E-state index in [1.54, 1.807) is 12.4 Å². The van der Waals surface area contributed by atoms with Gasteiger partial charge in [-0.2, -0.15) is 5.10 Å². The highest BCUT2D eigenvalue weighted by Crippen LogP contribution is 2.25. The van der Waals surface area contributed by atoms with Crippen molar-refractivity contribution in [2.75, 3.05) is 0 Å². The van der Waals surface area contributed by atoms with Crippen molar-refractivity contribution in [1.29, 1.82) is 0 Å². The summed E-state index contributed by atoms with van der Waals surface area (Å²) in [5.41, 5.74) is 5.44. The number of aromatic amines is 1. The van der Waals surface area contributed by atoms with E-state index < -0.39 is 0 Å². The molecule has 4 aromatic rings. The first-order chi connectivity index (χ1) is 11.7. The Morgan fingerprint density at radius 3 is 2.54 bits per heavy atom. The van der Waals surface area contributed by atoms with Crippen LogP contribution in [0.25, 0.3) is 22.2 Å². The molecule has 0 radical (unpaired) electrons. The summed E-state index contributed by atoms with van der Waals surface area (Å²) < 4.78 is 0. The van der Waals surface area contributed by atoms with Crippen LogP contribution in [0.15, 0.2) is 48.8 Å². The predicted octanol–water partition coefficient (Wildman–Crippen LogP) is 3.62. The fraction of sp³-hybridized carbons (Fsp3) is 0.158. The van der Waals surface area contributed by atoms with Gasteiger partial charge in [-0.05, 0) is 55.3 Å². The number of nitrogens with one attached hydrogen (secondary N) is 1. The summed E-state index contributed by atoms with van der Waals surface area (Å²) in [5, 5.41) is 8.26. The minimum absolute atomic E-state index is 0.714. The predicted molar refractivity (Wildman–Crippen MR) is 93.6 cm³/mol. The number of H-pyrrole nitrogens is 1. The second kappa shape index (κ2) is 5.85. The second-order valence-electron chi connectivity index (χ2n) is 5.93. The molecule has 118 valence electrons. The van der Waals surface area contributed by atoms with Crippen LogP contribution in [-0.4, -0.2) is 25.1 Å². The standard InChI is InChI=1S/C19H17N5/c1-12-9-18(15-5-7-20-8-6-15)22-17-4-3-14(10-16(12)17)11-19-21-13(2)23-24-19/h3-10H,11H2,1-2H3,(H,21,23,24). The van der Waals surface area contributed by atoms with Gasteiger partial charge in [0.05, 0.1) is 11.2 Å². The molecule has 0 spiro atoms. The first-order valence-corrected chi connectivity index (χ1v) is 7.87. The molecule has 0 unspecified atom stereocenters. The molecule has 0 bridgehead atoms. The first kappa shape index (κ1) is 14.5. The van der Waals surface area contributed by atoms with E-state index >= 15 is 0 Å². The third kappa shape index (κ3) is 2.76. The maximum Gasteiger partial charge on any atom is 0.155 e. The van der Waals surface area contributed by atoms with Crippen molar-refractivity contribution in [3.8, 4) is 11.3 Å². The molecule has 0 saturated heterocycles. The van der Waals surface area contributed by atoms with Gasteiger partial charge in [-0.3, -0.25) is 10.1 Å². The van der Waals surface area contributed by atoms with Gasteiger partial charge < -0.3 is 0 Å². The van der Waals surface area contributed by atoms with Gasteiger partial charge >= 0.3 is 0 Å². The van der Waals surface area contributed by atoms with E-state index in [9.17, 15) is 0 Å². The molecule has 0 aliphatic rings. The SMILES string of the molecule is Cc1nc(Cc2ccc3nc(-c4ccncc4)cc(C)c3c2)n[nH]1. The Morgan fingerprint density at radius 1 is 0.958 bits per heavy atom. The highest BCUT2D eigenvalue weighted by Gasteiger charge is 2.08. The van der Waals surface area contributed by atoms with Crippen molar-refractivity contribution in [1.82, 2.24) is 25.1 Å². The van der Waals surface area contributed by atoms with Gasteiger partial charge in [-0.15, -0.1) is 0 Å². The number of fused-ring (bicyclic) bond motifs is 1. The molecule has 1 N–H and O–H groups in total. The summed E-state index contributed by atoms with van der Waals surface area (Å²) in [6, 6.07) is 12.4. The normalized spacial score (nSPS) is 11.1. The number of pyridine rings is 2. The maximum atomic E-state index is 4.79. The van der Waals surface area contributed by atoms with Crippen molar-refractivity contribution in [2.24, 2.45) is 0 Å². The molecule has 3 heterocycles. The Morgan fingerprint density at radius 2 is 1.79 bits per heavy atom. The molecule has 1 aromatic carbocycles. The van der Waals surface area contributed by atoms with Crippen LogP contribution < -0.4 is 0 Å². The highest BCUT2D eigenvalue weighted by atomic mass is 15.2. The number of aromatic nitrogens is 5. The van der Waals surface area contributed by atoms with Gasteiger partial charge in [0.1, 0.15) is 5.82 Å². The molecule has 3 aromatic heterocycles. The molecular weight excluding hydrogens is 298 g/mol. The van der Waals surface area contributed by atoms with E-state index in [0.29, 0.717) is 6.42 Å². The Balaban J connectivity index is 1.74. The Labute approximate surface area is 139 Å². The molecule has 0 aliphatic carbocycles. The summed E-state index contributed by atoms with van der Waals surface area (Å²) in [6.07, 6.45) is 4.29. The molecule has 5 heteroatoms. The molecule has 0 fully saturated rings. The lowest BCUT2D eigenvalue weighted by Gasteiger charge is -2.08. The second-order valence-corrected chi connectivity index (χ2v) is 5.93. The molecule has 0 amide bonds. The van der Waals surface area contributed by atoms with E-state index in [1.807, 2.05) is 19.1 Å². The first-order valence-electron chi connectivity index (χ1n) is 7.87. The maximum absolute atomic E-state index is 4.79. The average molecular weight is 315 g/mol. The zero-order chi connectivity index (χ0) is 16.5. The van der Waals surface area contributed by atoms with Gasteiger partial charge in [-0.1, -0.05) is 6.07 Å². The lowest BCUT2D eigenvalue weighted by atomic mass is 10.0. The minimum atomic E-state index is 0.714. The fourth-order valence-electron chi connectivity index (χ4n) is 2.87. The van der Waals surface area contributed by atoms with E-state index in [0.717, 1.165) is 33.8 Å². The van der Waals surface area contributed by atoms with E-state index in [-0.39, 0.29) is 0 Å². The van der Waals surface area contributed by atoms with Crippen LogP contribution >= 0.6 is 0 Å². The van der Waals surface area contributed by atoms with Crippen LogP contribution in [-0.2, 0) is 6.42 Å². The summed E-state index contributed by atoms with van der Waals surface area (Å²) in [5.74, 6) is 1.65. The summed E-state index contributed by atoms with van der Waals surface area (Å²) >= 11 is 0. The monoisotopic (exact) mass is 315 g/mol. The summed E-state index contributed by atoms with van der Waals surface area (Å²) in [7, 11) is 0. The molecule has 5 nitrogen and oxygen atoms in total. The quantitative estimate of drug-likeness (QED) is 0.627. The number of hydrogen-bond donors (Lipinski definition) is 1. The zero-order valence-corrected chi connectivity index (χ0v) is 13.6. The molecule has 0 saturated carbocycles. The molecule has 24 heavy (non-hydrogen) atoms. The minimum Gasteiger partial charge on any atom is -0.265 e.